The van der Waals surface area contributed by atoms with E-state index in [1.54, 1.807) is 49.6 Å². The molecular formula is C20H22FN3O3. The fourth-order valence-corrected chi connectivity index (χ4v) is 3.09. The van der Waals surface area contributed by atoms with Gasteiger partial charge in [-0.05, 0) is 43.2 Å². The third-order valence-electron chi connectivity index (χ3n) is 4.57. The van der Waals surface area contributed by atoms with Gasteiger partial charge < -0.3 is 20.3 Å². The molecule has 2 aromatic rings. The summed E-state index contributed by atoms with van der Waals surface area (Å²) in [7, 11) is 1.57. The van der Waals surface area contributed by atoms with Crippen LogP contribution in [0.4, 0.5) is 14.9 Å². The first-order chi connectivity index (χ1) is 13.1. The summed E-state index contributed by atoms with van der Waals surface area (Å²) in [6.45, 7) is 0.593. The van der Waals surface area contributed by atoms with Gasteiger partial charge in [-0.2, -0.15) is 0 Å². The Bertz CT molecular complexity index is 810. The molecule has 0 spiro atoms. The third-order valence-corrected chi connectivity index (χ3v) is 4.57. The Kier molecular flexibility index (Phi) is 5.90. The van der Waals surface area contributed by atoms with Gasteiger partial charge in [0.05, 0.1) is 7.11 Å². The molecule has 1 fully saturated rings. The zero-order valence-electron chi connectivity index (χ0n) is 15.1. The van der Waals surface area contributed by atoms with Crippen molar-refractivity contribution in [2.24, 2.45) is 0 Å². The van der Waals surface area contributed by atoms with Crippen molar-refractivity contribution in [3.8, 4) is 5.75 Å². The molecule has 1 aliphatic heterocycles. The molecule has 2 aromatic carbocycles. The standard InChI is InChI=1S/C20H22FN3O3/c1-27-16-10-8-15(9-11-16)23-20(26)24-12-4-7-18(24)19(25)22-13-14-5-2-3-6-17(14)21/h2-3,5-6,8-11,18H,4,7,12-13H2,1H3,(H,22,25)(H,23,26)/t18-/m0/s1. The minimum atomic E-state index is -0.560. The number of hydrogen-bond donors (Lipinski definition) is 2. The molecule has 1 atom stereocenters. The first-order valence-electron chi connectivity index (χ1n) is 8.81. The molecule has 0 unspecified atom stereocenters. The van der Waals surface area contributed by atoms with E-state index in [9.17, 15) is 14.0 Å². The minimum absolute atomic E-state index is 0.0932. The zero-order chi connectivity index (χ0) is 19.2. The normalized spacial score (nSPS) is 16.1. The lowest BCUT2D eigenvalue weighted by atomic mass is 10.2. The smallest absolute Gasteiger partial charge is 0.322 e. The molecule has 1 heterocycles. The Morgan fingerprint density at radius 1 is 1.19 bits per heavy atom. The number of rotatable bonds is 5. The lowest BCUT2D eigenvalue weighted by Gasteiger charge is -2.24. The van der Waals surface area contributed by atoms with Crippen LogP contribution in [0.3, 0.4) is 0 Å². The van der Waals surface area contributed by atoms with Crippen LogP contribution >= 0.6 is 0 Å². The van der Waals surface area contributed by atoms with Crippen LogP contribution in [0, 0.1) is 5.82 Å². The summed E-state index contributed by atoms with van der Waals surface area (Å²) in [5.74, 6) is 0.0542. The molecule has 0 saturated carbocycles. The van der Waals surface area contributed by atoms with Crippen molar-refractivity contribution in [3.63, 3.8) is 0 Å². The number of carbonyl (C=O) groups is 2. The molecule has 0 aliphatic carbocycles. The van der Waals surface area contributed by atoms with Crippen molar-refractivity contribution in [3.05, 3.63) is 59.9 Å². The van der Waals surface area contributed by atoms with Crippen molar-refractivity contribution in [1.29, 1.82) is 0 Å². The van der Waals surface area contributed by atoms with Gasteiger partial charge in [0, 0.05) is 24.3 Å². The number of amides is 3. The summed E-state index contributed by atoms with van der Waals surface area (Å²) >= 11 is 0. The molecule has 0 aromatic heterocycles. The number of nitrogens with one attached hydrogen (secondary N) is 2. The number of halogens is 1. The Morgan fingerprint density at radius 3 is 2.63 bits per heavy atom. The largest absolute Gasteiger partial charge is 0.497 e. The van der Waals surface area contributed by atoms with Crippen molar-refractivity contribution < 1.29 is 18.7 Å². The highest BCUT2D eigenvalue weighted by Gasteiger charge is 2.34. The molecule has 7 heteroatoms. The highest BCUT2D eigenvalue weighted by molar-refractivity contribution is 5.94. The first kappa shape index (κ1) is 18.7. The third kappa shape index (κ3) is 4.55. The summed E-state index contributed by atoms with van der Waals surface area (Å²) in [6, 6.07) is 12.4. The quantitative estimate of drug-likeness (QED) is 0.848. The van der Waals surface area contributed by atoms with Gasteiger partial charge in [0.2, 0.25) is 5.91 Å². The Morgan fingerprint density at radius 2 is 1.93 bits per heavy atom. The van der Waals surface area contributed by atoms with E-state index in [0.29, 0.717) is 30.0 Å². The number of nitrogens with zero attached hydrogens (tertiary/aromatic N) is 1. The molecule has 2 N–H and O–H groups in total. The fourth-order valence-electron chi connectivity index (χ4n) is 3.09. The van der Waals surface area contributed by atoms with Crippen LogP contribution in [-0.4, -0.2) is 36.5 Å². The van der Waals surface area contributed by atoms with E-state index < -0.39 is 6.04 Å². The van der Waals surface area contributed by atoms with Crippen LogP contribution in [0.25, 0.3) is 0 Å². The lowest BCUT2D eigenvalue weighted by molar-refractivity contribution is -0.124. The van der Waals surface area contributed by atoms with Gasteiger partial charge in [-0.3, -0.25) is 4.79 Å². The minimum Gasteiger partial charge on any atom is -0.497 e. The highest BCUT2D eigenvalue weighted by Crippen LogP contribution is 2.21. The molecule has 27 heavy (non-hydrogen) atoms. The molecule has 0 radical (unpaired) electrons. The molecule has 1 saturated heterocycles. The Balaban J connectivity index is 1.59. The van der Waals surface area contributed by atoms with Crippen molar-refractivity contribution in [2.45, 2.75) is 25.4 Å². The maximum absolute atomic E-state index is 13.7. The average Bonchev–Trinajstić information content (AvgIpc) is 3.18. The number of anilines is 1. The maximum atomic E-state index is 13.7. The van der Waals surface area contributed by atoms with Gasteiger partial charge in [0.1, 0.15) is 17.6 Å². The zero-order valence-corrected chi connectivity index (χ0v) is 15.1. The summed E-state index contributed by atoms with van der Waals surface area (Å²) in [4.78, 5) is 26.6. The molecule has 1 aliphatic rings. The average molecular weight is 371 g/mol. The van der Waals surface area contributed by atoms with E-state index in [1.807, 2.05) is 0 Å². The summed E-state index contributed by atoms with van der Waals surface area (Å²) in [5.41, 5.74) is 1.04. The highest BCUT2D eigenvalue weighted by atomic mass is 19.1. The van der Waals surface area contributed by atoms with Crippen LogP contribution in [0.5, 0.6) is 5.75 Å². The molecule has 0 bridgehead atoms. The van der Waals surface area contributed by atoms with E-state index in [0.717, 1.165) is 6.42 Å². The van der Waals surface area contributed by atoms with Crippen molar-refractivity contribution in [2.75, 3.05) is 19.0 Å². The first-order valence-corrected chi connectivity index (χ1v) is 8.81. The van der Waals surface area contributed by atoms with E-state index >= 15 is 0 Å². The summed E-state index contributed by atoms with van der Waals surface area (Å²) in [5, 5.41) is 5.52. The summed E-state index contributed by atoms with van der Waals surface area (Å²) in [6.07, 6.45) is 1.33. The second-order valence-corrected chi connectivity index (χ2v) is 6.32. The van der Waals surface area contributed by atoms with Crippen LogP contribution in [-0.2, 0) is 11.3 Å². The number of benzene rings is 2. The number of hydrogen-bond acceptors (Lipinski definition) is 3. The van der Waals surface area contributed by atoms with E-state index in [1.165, 1.54) is 11.0 Å². The van der Waals surface area contributed by atoms with Gasteiger partial charge in [0.15, 0.2) is 0 Å². The van der Waals surface area contributed by atoms with Crippen LogP contribution in [0.15, 0.2) is 48.5 Å². The lowest BCUT2D eigenvalue weighted by Crippen LogP contribution is -2.47. The Labute approximate surface area is 157 Å². The van der Waals surface area contributed by atoms with Crippen molar-refractivity contribution >= 4 is 17.6 Å². The second-order valence-electron chi connectivity index (χ2n) is 6.32. The number of likely N-dealkylation sites (tertiary alicyclic amines) is 1. The van der Waals surface area contributed by atoms with Gasteiger partial charge in [-0.25, -0.2) is 9.18 Å². The number of urea groups is 1. The van der Waals surface area contributed by atoms with Gasteiger partial charge in [-0.1, -0.05) is 18.2 Å². The molecule has 3 rings (SSSR count). The van der Waals surface area contributed by atoms with Gasteiger partial charge in [0.25, 0.3) is 0 Å². The van der Waals surface area contributed by atoms with Crippen LogP contribution in [0.2, 0.25) is 0 Å². The molecule has 6 nitrogen and oxygen atoms in total. The molecule has 3 amide bonds. The topological polar surface area (TPSA) is 70.7 Å². The van der Waals surface area contributed by atoms with E-state index in [4.69, 9.17) is 4.74 Å². The van der Waals surface area contributed by atoms with E-state index in [-0.39, 0.29) is 24.3 Å². The van der Waals surface area contributed by atoms with Crippen molar-refractivity contribution in [1.82, 2.24) is 10.2 Å². The maximum Gasteiger partial charge on any atom is 0.322 e. The van der Waals surface area contributed by atoms with E-state index in [2.05, 4.69) is 10.6 Å². The van der Waals surface area contributed by atoms with Crippen LogP contribution in [0.1, 0.15) is 18.4 Å². The number of methoxy groups -OCH3 is 1. The SMILES string of the molecule is COc1ccc(NC(=O)N2CCC[C@H]2C(=O)NCc2ccccc2F)cc1. The van der Waals surface area contributed by atoms with Crippen LogP contribution < -0.4 is 15.4 Å². The monoisotopic (exact) mass is 371 g/mol. The second kappa shape index (κ2) is 8.53. The molecule has 142 valence electrons. The molecular weight excluding hydrogens is 349 g/mol. The summed E-state index contributed by atoms with van der Waals surface area (Å²) < 4.78 is 18.8. The predicted molar refractivity (Wildman–Crippen MR) is 100.0 cm³/mol. The van der Waals surface area contributed by atoms with Gasteiger partial charge in [-0.15, -0.1) is 0 Å². The number of carbonyl (C=O) groups excluding carboxylic acids is 2. The number of ether oxygens (including phenoxy) is 1. The predicted octanol–water partition coefficient (Wildman–Crippen LogP) is 3.15. The Hall–Kier alpha value is -3.09. The van der Waals surface area contributed by atoms with Gasteiger partial charge >= 0.3 is 6.03 Å². The fraction of sp³-hybridized carbons (Fsp3) is 0.300.